The van der Waals surface area contributed by atoms with Gasteiger partial charge in [-0.1, -0.05) is 25.1 Å². The lowest BCUT2D eigenvalue weighted by Crippen LogP contribution is -2.31. The number of nitrogen functional groups attached to an aromatic ring is 1. The van der Waals surface area contributed by atoms with E-state index in [4.69, 9.17) is 10.3 Å². The van der Waals surface area contributed by atoms with Crippen LogP contribution in [0.25, 0.3) is 22.7 Å². The second-order valence-electron chi connectivity index (χ2n) is 8.90. The number of pyridine rings is 2. The Hall–Kier alpha value is -4.08. The number of rotatable bonds is 7. The summed E-state index contributed by atoms with van der Waals surface area (Å²) >= 11 is 0. The number of hydrogen-bond acceptors (Lipinski definition) is 8. The number of nitrogens with two attached hydrogens (primary N) is 1. The zero-order valence-electron chi connectivity index (χ0n) is 19.9. The van der Waals surface area contributed by atoms with Gasteiger partial charge in [0, 0.05) is 38.2 Å². The van der Waals surface area contributed by atoms with Crippen molar-refractivity contribution in [1.82, 2.24) is 34.8 Å². The quantitative estimate of drug-likeness (QED) is 0.446. The molecule has 0 spiro atoms. The van der Waals surface area contributed by atoms with Gasteiger partial charge < -0.3 is 15.2 Å². The smallest absolute Gasteiger partial charge is 0.261 e. The highest BCUT2D eigenvalue weighted by molar-refractivity contribution is 5.75. The summed E-state index contributed by atoms with van der Waals surface area (Å²) in [6, 6.07) is 7.63. The number of carbonyl (C=O) groups is 1. The molecule has 0 aliphatic carbocycles. The van der Waals surface area contributed by atoms with Crippen molar-refractivity contribution in [3.63, 3.8) is 0 Å². The Bertz CT molecular complexity index is 1280. The molecule has 4 heterocycles. The van der Waals surface area contributed by atoms with Crippen LogP contribution in [0.3, 0.4) is 0 Å². The maximum atomic E-state index is 12.0. The molecule has 176 valence electrons. The van der Waals surface area contributed by atoms with Crippen molar-refractivity contribution in [2.24, 2.45) is 5.92 Å². The molecule has 0 unspecified atom stereocenters. The maximum Gasteiger partial charge on any atom is 0.261 e. The molecule has 0 saturated carbocycles. The third-order valence-corrected chi connectivity index (χ3v) is 6.17. The molecule has 0 bridgehead atoms. The average Bonchev–Trinajstić information content (AvgIpc) is 3.49. The zero-order valence-corrected chi connectivity index (χ0v) is 19.9. The molecule has 2 N–H and O–H groups in total. The SMILES string of the molecule is CC(C)[C@](C)(c1ccc(-c2ccc(N)nc2)nc1)c1noc(-c2cnn(CC(=O)N(C)C)c2)n1. The second kappa shape index (κ2) is 9.05. The van der Waals surface area contributed by atoms with Crippen LogP contribution in [0.5, 0.6) is 0 Å². The van der Waals surface area contributed by atoms with Crippen molar-refractivity contribution in [2.45, 2.75) is 32.7 Å². The van der Waals surface area contributed by atoms with Crippen LogP contribution in [0.4, 0.5) is 5.82 Å². The van der Waals surface area contributed by atoms with E-state index in [9.17, 15) is 4.79 Å². The summed E-state index contributed by atoms with van der Waals surface area (Å²) in [5.74, 6) is 1.47. The summed E-state index contributed by atoms with van der Waals surface area (Å²) < 4.78 is 7.14. The number of amides is 1. The van der Waals surface area contributed by atoms with E-state index >= 15 is 0 Å². The van der Waals surface area contributed by atoms with Crippen LogP contribution in [-0.4, -0.2) is 54.8 Å². The van der Waals surface area contributed by atoms with Crippen LogP contribution >= 0.6 is 0 Å². The van der Waals surface area contributed by atoms with E-state index in [1.165, 1.54) is 4.90 Å². The van der Waals surface area contributed by atoms with Gasteiger partial charge in [0.2, 0.25) is 5.91 Å². The summed E-state index contributed by atoms with van der Waals surface area (Å²) in [5.41, 5.74) is 8.46. The molecule has 10 heteroatoms. The molecule has 0 aromatic carbocycles. The van der Waals surface area contributed by atoms with Crippen LogP contribution in [0, 0.1) is 5.92 Å². The lowest BCUT2D eigenvalue weighted by atomic mass is 9.73. The molecule has 0 saturated heterocycles. The van der Waals surface area contributed by atoms with E-state index in [2.05, 4.69) is 46.0 Å². The number of carbonyl (C=O) groups excluding carboxylic acids is 1. The molecule has 4 aromatic rings. The number of nitrogens with zero attached hydrogens (tertiary/aromatic N) is 7. The number of hydrogen-bond donors (Lipinski definition) is 1. The first kappa shape index (κ1) is 23.1. The molecule has 0 radical (unpaired) electrons. The van der Waals surface area contributed by atoms with Crippen LogP contribution in [0.15, 0.2) is 53.6 Å². The van der Waals surface area contributed by atoms with Crippen LogP contribution in [0.1, 0.15) is 32.2 Å². The molecule has 1 atom stereocenters. The lowest BCUT2D eigenvalue weighted by molar-refractivity contribution is -0.129. The minimum atomic E-state index is -0.538. The largest absolute Gasteiger partial charge is 0.384 e. The standard InChI is InChI=1S/C24H28N8O2/c1-15(2)24(3,18-7-8-19(26-12-18)16-6-9-20(25)27-10-16)23-29-22(34-30-23)17-11-28-32(13-17)14-21(33)31(4)5/h6-13,15H,14H2,1-5H3,(H2,25,27)/t24-/m1/s1. The predicted octanol–water partition coefficient (Wildman–Crippen LogP) is 3.02. The fraction of sp³-hybridized carbons (Fsp3) is 0.333. The highest BCUT2D eigenvalue weighted by atomic mass is 16.5. The summed E-state index contributed by atoms with van der Waals surface area (Å²) in [7, 11) is 3.41. The highest BCUT2D eigenvalue weighted by Gasteiger charge is 2.38. The number of aromatic nitrogens is 6. The molecule has 4 rings (SSSR count). The molecular formula is C24H28N8O2. The first-order valence-corrected chi connectivity index (χ1v) is 10.9. The Morgan fingerprint density at radius 1 is 1.12 bits per heavy atom. The van der Waals surface area contributed by atoms with E-state index in [0.29, 0.717) is 23.1 Å². The summed E-state index contributed by atoms with van der Waals surface area (Å²) in [6.45, 7) is 6.43. The topological polar surface area (TPSA) is 129 Å². The Morgan fingerprint density at radius 2 is 1.91 bits per heavy atom. The number of likely N-dealkylation sites (N-methyl/N-ethyl adjacent to an activating group) is 1. The Balaban J connectivity index is 1.61. The maximum absolute atomic E-state index is 12.0. The van der Waals surface area contributed by atoms with Crippen LogP contribution < -0.4 is 5.73 Å². The van der Waals surface area contributed by atoms with Gasteiger partial charge in [-0.05, 0) is 36.6 Å². The van der Waals surface area contributed by atoms with Crippen LogP contribution in [-0.2, 0) is 16.8 Å². The van der Waals surface area contributed by atoms with E-state index in [0.717, 1.165) is 16.8 Å². The van der Waals surface area contributed by atoms with E-state index in [1.54, 1.807) is 43.4 Å². The lowest BCUT2D eigenvalue weighted by Gasteiger charge is -2.30. The first-order chi connectivity index (χ1) is 16.2. The molecule has 4 aromatic heterocycles. The van der Waals surface area contributed by atoms with Crippen molar-refractivity contribution in [3.05, 3.63) is 60.4 Å². The minimum Gasteiger partial charge on any atom is -0.384 e. The predicted molar refractivity (Wildman–Crippen MR) is 127 cm³/mol. The number of anilines is 1. The van der Waals surface area contributed by atoms with Gasteiger partial charge in [-0.3, -0.25) is 14.5 Å². The Labute approximate surface area is 197 Å². The van der Waals surface area contributed by atoms with Gasteiger partial charge in [0.05, 0.1) is 22.9 Å². The van der Waals surface area contributed by atoms with E-state index in [1.807, 2.05) is 24.4 Å². The molecule has 34 heavy (non-hydrogen) atoms. The normalized spacial score (nSPS) is 13.1. The summed E-state index contributed by atoms with van der Waals surface area (Å²) in [6.07, 6.45) is 6.88. The molecule has 1 amide bonds. The monoisotopic (exact) mass is 460 g/mol. The molecule has 10 nitrogen and oxygen atoms in total. The molecule has 0 aliphatic rings. The minimum absolute atomic E-state index is 0.0565. The van der Waals surface area contributed by atoms with Crippen molar-refractivity contribution in [1.29, 1.82) is 0 Å². The van der Waals surface area contributed by atoms with Crippen molar-refractivity contribution >= 4 is 11.7 Å². The van der Waals surface area contributed by atoms with Gasteiger partial charge in [0.25, 0.3) is 5.89 Å². The van der Waals surface area contributed by atoms with Gasteiger partial charge in [-0.25, -0.2) is 4.98 Å². The zero-order chi connectivity index (χ0) is 24.5. The van der Waals surface area contributed by atoms with Crippen LogP contribution in [0.2, 0.25) is 0 Å². The van der Waals surface area contributed by atoms with Gasteiger partial charge in [-0.15, -0.1) is 0 Å². The third kappa shape index (κ3) is 4.39. The first-order valence-electron chi connectivity index (χ1n) is 10.9. The van der Waals surface area contributed by atoms with Crippen molar-refractivity contribution in [2.75, 3.05) is 19.8 Å². The fourth-order valence-electron chi connectivity index (χ4n) is 3.54. The van der Waals surface area contributed by atoms with Gasteiger partial charge in [-0.2, -0.15) is 10.1 Å². The van der Waals surface area contributed by atoms with Crippen molar-refractivity contribution in [3.8, 4) is 22.7 Å². The van der Waals surface area contributed by atoms with Gasteiger partial charge in [0.1, 0.15) is 12.4 Å². The van der Waals surface area contributed by atoms with E-state index < -0.39 is 5.41 Å². The summed E-state index contributed by atoms with van der Waals surface area (Å²) in [4.78, 5) is 26.9. The Morgan fingerprint density at radius 3 is 2.53 bits per heavy atom. The highest BCUT2D eigenvalue weighted by Crippen LogP contribution is 2.38. The fourth-order valence-corrected chi connectivity index (χ4v) is 3.54. The summed E-state index contributed by atoms with van der Waals surface area (Å²) in [5, 5.41) is 8.54. The average molecular weight is 461 g/mol. The molecular weight excluding hydrogens is 432 g/mol. The van der Waals surface area contributed by atoms with Gasteiger partial charge in [0.15, 0.2) is 5.82 Å². The van der Waals surface area contributed by atoms with Crippen molar-refractivity contribution < 1.29 is 9.32 Å². The third-order valence-electron chi connectivity index (χ3n) is 6.17. The molecule has 0 fully saturated rings. The molecule has 0 aliphatic heterocycles. The van der Waals surface area contributed by atoms with E-state index in [-0.39, 0.29) is 18.4 Å². The second-order valence-corrected chi connectivity index (χ2v) is 8.90. The van der Waals surface area contributed by atoms with Gasteiger partial charge >= 0.3 is 0 Å². The Kier molecular flexibility index (Phi) is 6.14.